The summed E-state index contributed by atoms with van der Waals surface area (Å²) in [5.74, 6) is -0.727. The third-order valence-corrected chi connectivity index (χ3v) is 4.26. The fourth-order valence-corrected chi connectivity index (χ4v) is 2.57. The van der Waals surface area contributed by atoms with Gasteiger partial charge in [-0.1, -0.05) is 19.8 Å². The minimum atomic E-state index is -0.364. The Kier molecular flexibility index (Phi) is 15.4. The molecule has 0 radical (unpaired) electrons. The zero-order chi connectivity index (χ0) is 23.4. The highest BCUT2D eigenvalue weighted by atomic mass is 16.5. The lowest BCUT2D eigenvalue weighted by atomic mass is 10.2. The third-order valence-electron chi connectivity index (χ3n) is 4.26. The number of hydrogen-bond donors (Lipinski definition) is 4. The Morgan fingerprint density at radius 2 is 1.47 bits per heavy atom. The van der Waals surface area contributed by atoms with E-state index in [0.717, 1.165) is 24.2 Å². The quantitative estimate of drug-likeness (QED) is 0.155. The first-order valence-corrected chi connectivity index (χ1v) is 11.0. The molecule has 182 valence electrons. The van der Waals surface area contributed by atoms with Crippen molar-refractivity contribution in [1.29, 1.82) is 0 Å². The Labute approximate surface area is 189 Å². The van der Waals surface area contributed by atoms with Crippen molar-refractivity contribution in [3.8, 4) is 0 Å². The molecule has 0 fully saturated rings. The van der Waals surface area contributed by atoms with Crippen molar-refractivity contribution in [1.82, 2.24) is 20.9 Å². The number of amides is 4. The number of imide groups is 1. The first kappa shape index (κ1) is 27.4. The summed E-state index contributed by atoms with van der Waals surface area (Å²) < 4.78 is 16.2. The van der Waals surface area contributed by atoms with Crippen LogP contribution in [0.25, 0.3) is 0 Å². The van der Waals surface area contributed by atoms with Gasteiger partial charge in [0.2, 0.25) is 0 Å². The molecule has 1 heterocycles. The highest BCUT2D eigenvalue weighted by molar-refractivity contribution is 6.13. The molecule has 32 heavy (non-hydrogen) atoms. The van der Waals surface area contributed by atoms with Crippen molar-refractivity contribution in [3.05, 3.63) is 24.0 Å². The van der Waals surface area contributed by atoms with E-state index in [1.807, 2.05) is 0 Å². The van der Waals surface area contributed by atoms with Crippen molar-refractivity contribution in [2.24, 2.45) is 5.73 Å². The lowest BCUT2D eigenvalue weighted by molar-refractivity contribution is -0.136. The number of urea groups is 1. The van der Waals surface area contributed by atoms with Gasteiger partial charge in [0.1, 0.15) is 0 Å². The van der Waals surface area contributed by atoms with Crippen LogP contribution in [0, 0.1) is 0 Å². The largest absolute Gasteiger partial charge is 0.399 e. The van der Waals surface area contributed by atoms with Gasteiger partial charge in [0.25, 0.3) is 11.8 Å². The maximum absolute atomic E-state index is 11.5. The predicted molar refractivity (Wildman–Crippen MR) is 120 cm³/mol. The van der Waals surface area contributed by atoms with Gasteiger partial charge >= 0.3 is 6.03 Å². The summed E-state index contributed by atoms with van der Waals surface area (Å²) in [6.45, 7) is 6.54. The average molecular weight is 456 g/mol. The SMILES string of the molecule is CCCCCNC(=O)NCCOCCOCCOCCN/C=C(\N)CN1C(=O)C=CC1=O. The molecule has 0 aromatic rings. The summed E-state index contributed by atoms with van der Waals surface area (Å²) in [6.07, 6.45) is 7.23. The van der Waals surface area contributed by atoms with Gasteiger partial charge in [-0.25, -0.2) is 4.79 Å². The number of unbranched alkanes of at least 4 members (excludes halogenated alkanes) is 2. The van der Waals surface area contributed by atoms with E-state index >= 15 is 0 Å². The van der Waals surface area contributed by atoms with Crippen molar-refractivity contribution < 1.29 is 28.6 Å². The average Bonchev–Trinajstić information content (AvgIpc) is 3.09. The number of nitrogens with one attached hydrogen (secondary N) is 3. The van der Waals surface area contributed by atoms with Crippen molar-refractivity contribution in [3.63, 3.8) is 0 Å². The summed E-state index contributed by atoms with van der Waals surface area (Å²) in [7, 11) is 0. The van der Waals surface area contributed by atoms with Crippen LogP contribution in [0.15, 0.2) is 24.0 Å². The van der Waals surface area contributed by atoms with E-state index in [1.54, 1.807) is 6.20 Å². The number of hydrogen-bond acceptors (Lipinski definition) is 8. The van der Waals surface area contributed by atoms with Crippen LogP contribution in [-0.2, 0) is 23.8 Å². The van der Waals surface area contributed by atoms with Crippen molar-refractivity contribution in [2.45, 2.75) is 26.2 Å². The smallest absolute Gasteiger partial charge is 0.314 e. The fourth-order valence-electron chi connectivity index (χ4n) is 2.57. The van der Waals surface area contributed by atoms with E-state index in [4.69, 9.17) is 19.9 Å². The molecule has 1 aliphatic heterocycles. The molecular formula is C21H37N5O6. The Balaban J connectivity index is 1.83. The van der Waals surface area contributed by atoms with Gasteiger partial charge in [0, 0.05) is 43.7 Å². The van der Waals surface area contributed by atoms with Gasteiger partial charge in [-0.05, 0) is 6.42 Å². The second-order valence-electron chi connectivity index (χ2n) is 7.00. The second kappa shape index (κ2) is 18.0. The number of carbonyl (C=O) groups excluding carboxylic acids is 3. The van der Waals surface area contributed by atoms with E-state index < -0.39 is 0 Å². The van der Waals surface area contributed by atoms with Crippen LogP contribution in [0.5, 0.6) is 0 Å². The van der Waals surface area contributed by atoms with Gasteiger partial charge < -0.3 is 35.9 Å². The Bertz CT molecular complexity index is 608. The Morgan fingerprint density at radius 1 is 0.906 bits per heavy atom. The molecule has 0 atom stereocenters. The molecule has 11 nitrogen and oxygen atoms in total. The molecule has 0 aromatic carbocycles. The summed E-state index contributed by atoms with van der Waals surface area (Å²) in [4.78, 5) is 35.4. The molecule has 4 amide bonds. The molecule has 11 heteroatoms. The molecular weight excluding hydrogens is 418 g/mol. The van der Waals surface area contributed by atoms with Crippen LogP contribution in [0.2, 0.25) is 0 Å². The van der Waals surface area contributed by atoms with E-state index in [-0.39, 0.29) is 24.4 Å². The topological polar surface area (TPSA) is 144 Å². The number of nitrogens with two attached hydrogens (primary N) is 1. The van der Waals surface area contributed by atoms with Gasteiger partial charge in [-0.2, -0.15) is 0 Å². The summed E-state index contributed by atoms with van der Waals surface area (Å²) in [5, 5.41) is 8.50. The van der Waals surface area contributed by atoms with E-state index in [2.05, 4.69) is 22.9 Å². The molecule has 0 bridgehead atoms. The normalized spacial score (nSPS) is 13.7. The van der Waals surface area contributed by atoms with E-state index in [9.17, 15) is 14.4 Å². The molecule has 1 aliphatic rings. The van der Waals surface area contributed by atoms with Crippen molar-refractivity contribution in [2.75, 3.05) is 65.8 Å². The van der Waals surface area contributed by atoms with Crippen molar-refractivity contribution >= 4 is 17.8 Å². The molecule has 0 aliphatic carbocycles. The minimum Gasteiger partial charge on any atom is -0.399 e. The second-order valence-corrected chi connectivity index (χ2v) is 7.00. The molecule has 0 saturated heterocycles. The fraction of sp³-hybridized carbons (Fsp3) is 0.667. The lowest BCUT2D eigenvalue weighted by Crippen LogP contribution is -2.37. The van der Waals surface area contributed by atoms with Gasteiger partial charge in [-0.15, -0.1) is 0 Å². The molecule has 0 spiro atoms. The first-order chi connectivity index (χ1) is 15.5. The highest BCUT2D eigenvalue weighted by Gasteiger charge is 2.23. The van der Waals surface area contributed by atoms with Crippen LogP contribution in [0.4, 0.5) is 4.79 Å². The van der Waals surface area contributed by atoms with Gasteiger partial charge in [-0.3, -0.25) is 14.5 Å². The Morgan fingerprint density at radius 3 is 2.09 bits per heavy atom. The number of ether oxygens (including phenoxy) is 3. The summed E-state index contributed by atoms with van der Waals surface area (Å²) >= 11 is 0. The van der Waals surface area contributed by atoms with E-state index in [0.29, 0.717) is 65.0 Å². The maximum atomic E-state index is 11.5. The Hall–Kier alpha value is -2.63. The van der Waals surface area contributed by atoms with E-state index in [1.165, 1.54) is 12.2 Å². The summed E-state index contributed by atoms with van der Waals surface area (Å²) in [5.41, 5.74) is 6.17. The maximum Gasteiger partial charge on any atom is 0.314 e. The predicted octanol–water partition coefficient (Wildman–Crippen LogP) is -0.160. The zero-order valence-corrected chi connectivity index (χ0v) is 18.9. The standard InChI is InChI=1S/C21H37N5O6/c1-2-3-4-7-24-21(29)25-9-11-31-13-15-32-14-12-30-10-8-23-16-18(22)17-26-19(27)5-6-20(26)28/h5-6,16,23H,2-4,7-15,17,22H2,1H3,(H2,24,25,29)/b18-16-. The first-order valence-electron chi connectivity index (χ1n) is 11.0. The molecule has 0 unspecified atom stereocenters. The third kappa shape index (κ3) is 13.6. The summed E-state index contributed by atoms with van der Waals surface area (Å²) in [6, 6.07) is -0.167. The lowest BCUT2D eigenvalue weighted by Gasteiger charge is -2.13. The van der Waals surface area contributed by atoms with Gasteiger partial charge in [0.15, 0.2) is 0 Å². The van der Waals surface area contributed by atoms with Crippen LogP contribution in [0.3, 0.4) is 0 Å². The highest BCUT2D eigenvalue weighted by Crippen LogP contribution is 2.04. The van der Waals surface area contributed by atoms with Gasteiger partial charge in [0.05, 0.1) is 46.2 Å². The number of nitrogens with zero attached hydrogens (tertiary/aromatic N) is 1. The number of carbonyl (C=O) groups is 3. The van der Waals surface area contributed by atoms with Crippen LogP contribution in [0.1, 0.15) is 26.2 Å². The van der Waals surface area contributed by atoms with Crippen LogP contribution >= 0.6 is 0 Å². The van der Waals surface area contributed by atoms with Crippen LogP contribution < -0.4 is 21.7 Å². The molecule has 0 saturated carbocycles. The zero-order valence-electron chi connectivity index (χ0n) is 18.9. The number of rotatable bonds is 19. The minimum absolute atomic E-state index is 0.0523. The van der Waals surface area contributed by atoms with Crippen LogP contribution in [-0.4, -0.2) is 88.6 Å². The molecule has 0 aromatic heterocycles. The monoisotopic (exact) mass is 455 g/mol. The molecule has 5 N–H and O–H groups in total. The molecule has 1 rings (SSSR count).